The van der Waals surface area contributed by atoms with Gasteiger partial charge in [-0.25, -0.2) is 0 Å². The third-order valence-electron chi connectivity index (χ3n) is 2.56. The number of H-pyrrole nitrogens is 1. The summed E-state index contributed by atoms with van der Waals surface area (Å²) in [5.41, 5.74) is 6.32. The second-order valence-corrected chi connectivity index (χ2v) is 4.03. The van der Waals surface area contributed by atoms with Gasteiger partial charge in [-0.05, 0) is 12.1 Å². The number of aromatic nitrogens is 2. The number of primary amides is 1. The zero-order valence-corrected chi connectivity index (χ0v) is 10.6. The molecule has 0 radical (unpaired) electrons. The molecule has 7 heteroatoms. The van der Waals surface area contributed by atoms with E-state index in [2.05, 4.69) is 15.5 Å². The third-order valence-corrected chi connectivity index (χ3v) is 2.56. The third kappa shape index (κ3) is 3.58. The Hall–Kier alpha value is -2.83. The lowest BCUT2D eigenvalue weighted by Crippen LogP contribution is -2.28. The topological polar surface area (TPSA) is 110 Å². The second-order valence-electron chi connectivity index (χ2n) is 4.03. The summed E-state index contributed by atoms with van der Waals surface area (Å²) in [5, 5.41) is 9.08. The average Bonchev–Trinajstić information content (AvgIpc) is 2.96. The molecule has 0 fully saturated rings. The minimum absolute atomic E-state index is 0.192. The summed E-state index contributed by atoms with van der Waals surface area (Å²) in [7, 11) is 0. The summed E-state index contributed by atoms with van der Waals surface area (Å²) < 4.78 is 5.29. The molecule has 1 aromatic carbocycles. The van der Waals surface area contributed by atoms with Crippen LogP contribution in [0, 0.1) is 0 Å². The molecule has 0 saturated heterocycles. The van der Waals surface area contributed by atoms with Crippen molar-refractivity contribution in [3.8, 4) is 5.75 Å². The van der Waals surface area contributed by atoms with Crippen molar-refractivity contribution >= 4 is 11.8 Å². The van der Waals surface area contributed by atoms with Crippen LogP contribution in [-0.4, -0.2) is 28.6 Å². The van der Waals surface area contributed by atoms with E-state index in [0.717, 1.165) is 5.56 Å². The first-order valence-corrected chi connectivity index (χ1v) is 5.93. The largest absolute Gasteiger partial charge is 0.483 e. The summed E-state index contributed by atoms with van der Waals surface area (Å²) in [6.07, 6.45) is 3.30. The number of rotatable bonds is 6. The Labute approximate surface area is 115 Å². The fourth-order valence-corrected chi connectivity index (χ4v) is 1.57. The normalized spacial score (nSPS) is 10.0. The Kier molecular flexibility index (Phi) is 4.33. The lowest BCUT2D eigenvalue weighted by atomic mass is 10.2. The Morgan fingerprint density at radius 3 is 2.85 bits per heavy atom. The molecule has 20 heavy (non-hydrogen) atoms. The van der Waals surface area contributed by atoms with Crippen LogP contribution in [0.25, 0.3) is 0 Å². The van der Waals surface area contributed by atoms with Crippen LogP contribution in [0.15, 0.2) is 36.7 Å². The SMILES string of the molecule is NC(=O)c1ccccc1OCC(=O)NCc1cn[nH]c1. The smallest absolute Gasteiger partial charge is 0.258 e. The predicted octanol–water partition coefficient (Wildman–Crippen LogP) is 0.204. The molecule has 0 unspecified atom stereocenters. The molecule has 4 N–H and O–H groups in total. The maximum atomic E-state index is 11.6. The fraction of sp³-hybridized carbons (Fsp3) is 0.154. The van der Waals surface area contributed by atoms with E-state index in [1.54, 1.807) is 36.7 Å². The van der Waals surface area contributed by atoms with Crippen LogP contribution in [0.2, 0.25) is 0 Å². The van der Waals surface area contributed by atoms with Gasteiger partial charge in [0.1, 0.15) is 5.75 Å². The predicted molar refractivity (Wildman–Crippen MR) is 70.9 cm³/mol. The summed E-state index contributed by atoms with van der Waals surface area (Å²) in [5.74, 6) is -0.608. The maximum Gasteiger partial charge on any atom is 0.258 e. The fourth-order valence-electron chi connectivity index (χ4n) is 1.57. The molecule has 0 aliphatic carbocycles. The van der Waals surface area contributed by atoms with E-state index < -0.39 is 5.91 Å². The summed E-state index contributed by atoms with van der Waals surface area (Å²) >= 11 is 0. The molecule has 104 valence electrons. The van der Waals surface area contributed by atoms with Crippen molar-refractivity contribution in [2.24, 2.45) is 5.73 Å². The number of hydrogen-bond donors (Lipinski definition) is 3. The maximum absolute atomic E-state index is 11.6. The van der Waals surface area contributed by atoms with Gasteiger partial charge in [0.2, 0.25) is 0 Å². The van der Waals surface area contributed by atoms with E-state index in [-0.39, 0.29) is 18.1 Å². The van der Waals surface area contributed by atoms with Crippen molar-refractivity contribution < 1.29 is 14.3 Å². The standard InChI is InChI=1S/C13H14N4O3/c14-13(19)10-3-1-2-4-11(10)20-8-12(18)15-5-9-6-16-17-7-9/h1-4,6-7H,5,8H2,(H2,14,19)(H,15,18)(H,16,17). The highest BCUT2D eigenvalue weighted by molar-refractivity contribution is 5.95. The van der Waals surface area contributed by atoms with Gasteiger partial charge in [-0.3, -0.25) is 14.7 Å². The first kappa shape index (κ1) is 13.6. The lowest BCUT2D eigenvalue weighted by Gasteiger charge is -2.09. The number of amides is 2. The van der Waals surface area contributed by atoms with Gasteiger partial charge in [0, 0.05) is 18.3 Å². The molecule has 0 saturated carbocycles. The minimum atomic E-state index is -0.598. The summed E-state index contributed by atoms with van der Waals surface area (Å²) in [4.78, 5) is 22.8. The van der Waals surface area contributed by atoms with E-state index in [1.807, 2.05) is 0 Å². The molecule has 0 aliphatic rings. The van der Waals surface area contributed by atoms with Gasteiger partial charge in [0.05, 0.1) is 11.8 Å². The Balaban J connectivity index is 1.85. The van der Waals surface area contributed by atoms with Crippen molar-refractivity contribution in [1.82, 2.24) is 15.5 Å². The van der Waals surface area contributed by atoms with Crippen molar-refractivity contribution in [2.75, 3.05) is 6.61 Å². The van der Waals surface area contributed by atoms with Gasteiger partial charge in [-0.1, -0.05) is 12.1 Å². The van der Waals surface area contributed by atoms with Gasteiger partial charge in [-0.2, -0.15) is 5.10 Å². The van der Waals surface area contributed by atoms with Crippen LogP contribution in [0.5, 0.6) is 5.75 Å². The molecule has 0 aliphatic heterocycles. The molecule has 0 atom stereocenters. The first-order chi connectivity index (χ1) is 9.66. The van der Waals surface area contributed by atoms with Crippen LogP contribution in [0.3, 0.4) is 0 Å². The average molecular weight is 274 g/mol. The van der Waals surface area contributed by atoms with Crippen molar-refractivity contribution in [3.05, 3.63) is 47.8 Å². The number of carbonyl (C=O) groups is 2. The van der Waals surface area contributed by atoms with Crippen molar-refractivity contribution in [3.63, 3.8) is 0 Å². The molecule has 0 spiro atoms. The van der Waals surface area contributed by atoms with Crippen LogP contribution in [0.4, 0.5) is 0 Å². The summed E-state index contributed by atoms with van der Waals surface area (Å²) in [6.45, 7) is 0.165. The molecule has 2 rings (SSSR count). The highest BCUT2D eigenvalue weighted by Crippen LogP contribution is 2.16. The van der Waals surface area contributed by atoms with E-state index in [1.165, 1.54) is 0 Å². The number of ether oxygens (including phenoxy) is 1. The van der Waals surface area contributed by atoms with Crippen molar-refractivity contribution in [1.29, 1.82) is 0 Å². The van der Waals surface area contributed by atoms with Gasteiger partial charge >= 0.3 is 0 Å². The molecular formula is C13H14N4O3. The Bertz CT molecular complexity index is 595. The number of para-hydroxylation sites is 1. The number of carbonyl (C=O) groups excluding carboxylic acids is 2. The van der Waals surface area contributed by atoms with Crippen LogP contribution in [-0.2, 0) is 11.3 Å². The van der Waals surface area contributed by atoms with Gasteiger partial charge in [0.15, 0.2) is 6.61 Å². The number of nitrogens with one attached hydrogen (secondary N) is 2. The monoisotopic (exact) mass is 274 g/mol. The van der Waals surface area contributed by atoms with Crippen LogP contribution < -0.4 is 15.8 Å². The Morgan fingerprint density at radius 1 is 1.35 bits per heavy atom. The molecule has 7 nitrogen and oxygen atoms in total. The lowest BCUT2D eigenvalue weighted by molar-refractivity contribution is -0.123. The minimum Gasteiger partial charge on any atom is -0.483 e. The van der Waals surface area contributed by atoms with Crippen LogP contribution in [0.1, 0.15) is 15.9 Å². The van der Waals surface area contributed by atoms with E-state index in [4.69, 9.17) is 10.5 Å². The van der Waals surface area contributed by atoms with Crippen molar-refractivity contribution in [2.45, 2.75) is 6.54 Å². The molecule has 0 bridgehead atoms. The van der Waals surface area contributed by atoms with E-state index in [0.29, 0.717) is 12.3 Å². The molecule has 2 aromatic rings. The number of benzene rings is 1. The molecule has 1 heterocycles. The number of nitrogens with zero attached hydrogens (tertiary/aromatic N) is 1. The second kappa shape index (κ2) is 6.37. The zero-order valence-electron chi connectivity index (χ0n) is 10.6. The molecule has 2 amide bonds. The van der Waals surface area contributed by atoms with E-state index >= 15 is 0 Å². The van der Waals surface area contributed by atoms with Gasteiger partial charge in [0.25, 0.3) is 11.8 Å². The number of aromatic amines is 1. The zero-order chi connectivity index (χ0) is 14.4. The number of hydrogen-bond acceptors (Lipinski definition) is 4. The quantitative estimate of drug-likeness (QED) is 0.699. The molecular weight excluding hydrogens is 260 g/mol. The first-order valence-electron chi connectivity index (χ1n) is 5.93. The highest BCUT2D eigenvalue weighted by Gasteiger charge is 2.10. The highest BCUT2D eigenvalue weighted by atomic mass is 16.5. The number of nitrogens with two attached hydrogens (primary N) is 1. The van der Waals surface area contributed by atoms with E-state index in [9.17, 15) is 9.59 Å². The van der Waals surface area contributed by atoms with Gasteiger partial charge < -0.3 is 15.8 Å². The molecule has 1 aromatic heterocycles. The summed E-state index contributed by atoms with van der Waals surface area (Å²) in [6, 6.07) is 6.50. The Morgan fingerprint density at radius 2 is 2.15 bits per heavy atom. The van der Waals surface area contributed by atoms with Gasteiger partial charge in [-0.15, -0.1) is 0 Å². The van der Waals surface area contributed by atoms with Crippen LogP contribution >= 0.6 is 0 Å².